The Balaban J connectivity index is 0.000000136. The monoisotopic (exact) mass is 1350 g/mol. The number of nitrogens with zero attached hydrogens (tertiary/aromatic N) is 18. The average Bonchev–Trinajstić information content (AvgIpc) is 0.972. The van der Waals surface area contributed by atoms with Crippen LogP contribution in [0.15, 0.2) is 159 Å². The van der Waals surface area contributed by atoms with Crippen molar-refractivity contribution < 1.29 is 18.9 Å². The first-order valence-corrected chi connectivity index (χ1v) is 34.3. The molecule has 0 amide bonds. The van der Waals surface area contributed by atoms with Gasteiger partial charge in [-0.3, -0.25) is 20.3 Å². The summed E-state index contributed by atoms with van der Waals surface area (Å²) in [6.07, 6.45) is 20.8. The minimum atomic E-state index is 0.165. The van der Waals surface area contributed by atoms with E-state index in [0.29, 0.717) is 48.5 Å². The Hall–Kier alpha value is -11.6. The molecule has 516 valence electrons. The van der Waals surface area contributed by atoms with E-state index < -0.39 is 0 Å². The lowest BCUT2D eigenvalue weighted by Gasteiger charge is -2.32. The topological polar surface area (TPSA) is 287 Å². The SMILES string of the molecule is COc1ccc(OC2CCN(c3ccc(-c4nc(C)cc(Cc5cc(C)[nH]n5)n4)cn3)CC2)cn1.Cc1cc(Cc2cc(C)[nH]n2)nc(-c2ccc(N3CCC(Oc4ccccn4)CC3)nc2)n1.Cc1cc(Cc2cc(C)[nH]n2)nc(-c2ccc(N3CCC(Oc4cccnc4)CC3)nc2)n1. The van der Waals surface area contributed by atoms with Gasteiger partial charge in [-0.15, -0.1) is 0 Å². The van der Waals surface area contributed by atoms with Crippen LogP contribution in [-0.2, 0) is 19.3 Å². The minimum absolute atomic E-state index is 0.165. The maximum absolute atomic E-state index is 6.09. The van der Waals surface area contributed by atoms with Gasteiger partial charge < -0.3 is 33.6 Å². The van der Waals surface area contributed by atoms with Gasteiger partial charge in [-0.25, -0.2) is 54.8 Å². The summed E-state index contributed by atoms with van der Waals surface area (Å²) in [5.74, 6) is 7.85. The van der Waals surface area contributed by atoms with Crippen LogP contribution in [0.1, 0.15) is 107 Å². The summed E-state index contributed by atoms with van der Waals surface area (Å²) in [4.78, 5) is 61.8. The number of piperidine rings is 3. The quantitative estimate of drug-likeness (QED) is 0.0678. The lowest BCUT2D eigenvalue weighted by atomic mass is 10.1. The second kappa shape index (κ2) is 32.4. The highest BCUT2D eigenvalue weighted by Gasteiger charge is 2.26. The molecular weight excluding hydrogens is 1270 g/mol. The number of rotatable bonds is 19. The predicted octanol–water partition coefficient (Wildman–Crippen LogP) is 11.7. The molecule has 0 aliphatic carbocycles. The van der Waals surface area contributed by atoms with E-state index in [4.69, 9.17) is 48.9 Å². The summed E-state index contributed by atoms with van der Waals surface area (Å²) in [6, 6.07) is 37.8. The number of nitrogens with one attached hydrogen (secondary N) is 3. The summed E-state index contributed by atoms with van der Waals surface area (Å²) in [6.45, 7) is 17.3. The van der Waals surface area contributed by atoms with Crippen LogP contribution in [0.4, 0.5) is 17.5 Å². The van der Waals surface area contributed by atoms with Crippen LogP contribution < -0.4 is 33.6 Å². The first kappa shape index (κ1) is 67.9. The Morgan fingerprint density at radius 3 is 1.11 bits per heavy atom. The third-order valence-electron chi connectivity index (χ3n) is 17.5. The van der Waals surface area contributed by atoms with Gasteiger partial charge in [-0.2, -0.15) is 15.3 Å². The molecule has 0 atom stereocenters. The van der Waals surface area contributed by atoms with Crippen molar-refractivity contribution in [1.82, 2.24) is 90.4 Å². The molecule has 3 aliphatic rings. The Labute approximate surface area is 587 Å². The maximum Gasteiger partial charge on any atom is 0.213 e. The van der Waals surface area contributed by atoms with Gasteiger partial charge in [0, 0.05) is 191 Å². The second-order valence-electron chi connectivity index (χ2n) is 25.7. The number of methoxy groups -OCH3 is 1. The molecule has 25 heteroatoms. The lowest BCUT2D eigenvalue weighted by molar-refractivity contribution is 0.164. The van der Waals surface area contributed by atoms with Gasteiger partial charge in [0.1, 0.15) is 47.3 Å². The Bertz CT molecular complexity index is 4400. The van der Waals surface area contributed by atoms with E-state index in [1.807, 2.05) is 151 Å². The Morgan fingerprint density at radius 2 is 0.782 bits per heavy atom. The number of aryl methyl sites for hydroxylation is 6. The molecule has 15 heterocycles. The highest BCUT2D eigenvalue weighted by molar-refractivity contribution is 5.59. The zero-order valence-corrected chi connectivity index (χ0v) is 58.0. The molecule has 0 saturated carbocycles. The third kappa shape index (κ3) is 18.8. The standard InChI is InChI=1S/C26H29N7O2.2C25H27N7O/c1-17-12-20(14-21-13-18(2)31-32-21)30-26(29-17)19-4-6-24(27-15-19)33-10-8-22(9-11-33)35-23-5-7-25(34-3)28-16-23;1-17-12-20(14-21-13-18(2)30-31-21)29-25(28-17)19-5-6-24(27-15-19)32-10-7-22(8-11-32)33-23-4-3-9-26-16-23;1-17-13-20(15-21-14-18(2)30-31-21)29-25(28-17)19-6-7-23(27-16-19)32-11-8-22(9-12-32)33-24-5-3-4-10-26-24/h4-7,12-13,15-16,22H,8-11,14H2,1-3H3,(H,31,32);3-6,9,12-13,15-16,22H,7-8,10-11,14H2,1-2H3,(H,30,31);3-7,10,13-14,16,22H,8-9,11-12,15H2,1-2H3,(H,30,31). The molecule has 3 aliphatic heterocycles. The zero-order valence-electron chi connectivity index (χ0n) is 58.0. The van der Waals surface area contributed by atoms with E-state index in [1.54, 1.807) is 31.9 Å². The number of hydrogen-bond donors (Lipinski definition) is 3. The molecule has 3 fully saturated rings. The molecule has 3 saturated heterocycles. The Morgan fingerprint density at radius 1 is 0.366 bits per heavy atom. The number of pyridine rings is 6. The Kier molecular flexibility index (Phi) is 21.8. The molecule has 0 unspecified atom stereocenters. The number of H-pyrrole nitrogens is 3. The molecule has 15 rings (SSSR count). The average molecular weight is 1350 g/mol. The van der Waals surface area contributed by atoms with Crippen molar-refractivity contribution in [2.75, 3.05) is 61.1 Å². The zero-order chi connectivity index (χ0) is 69.4. The van der Waals surface area contributed by atoms with Crippen molar-refractivity contribution in [3.8, 4) is 57.4 Å². The fourth-order valence-electron chi connectivity index (χ4n) is 12.5. The molecular formula is C76H83N21O4. The molecule has 12 aromatic rings. The number of ether oxygens (including phenoxy) is 4. The maximum atomic E-state index is 6.09. The van der Waals surface area contributed by atoms with Gasteiger partial charge in [-0.1, -0.05) is 6.07 Å². The lowest BCUT2D eigenvalue weighted by Crippen LogP contribution is -2.38. The van der Waals surface area contributed by atoms with Crippen LogP contribution in [0.3, 0.4) is 0 Å². The van der Waals surface area contributed by atoms with Gasteiger partial charge in [0.2, 0.25) is 11.8 Å². The van der Waals surface area contributed by atoms with Crippen molar-refractivity contribution >= 4 is 17.5 Å². The van der Waals surface area contributed by atoms with Gasteiger partial charge in [-0.05, 0) is 139 Å². The van der Waals surface area contributed by atoms with Crippen molar-refractivity contribution in [2.45, 2.75) is 118 Å². The normalized spacial score (nSPS) is 14.3. The van der Waals surface area contributed by atoms with Crippen LogP contribution in [-0.4, -0.2) is 155 Å². The van der Waals surface area contributed by atoms with E-state index in [0.717, 1.165) is 192 Å². The molecule has 12 aromatic heterocycles. The van der Waals surface area contributed by atoms with Crippen LogP contribution >= 0.6 is 0 Å². The van der Waals surface area contributed by atoms with Crippen molar-refractivity contribution in [2.24, 2.45) is 0 Å². The summed E-state index contributed by atoms with van der Waals surface area (Å²) in [5, 5.41) is 21.9. The molecule has 3 N–H and O–H groups in total. The van der Waals surface area contributed by atoms with E-state index in [9.17, 15) is 0 Å². The molecule has 25 nitrogen and oxygen atoms in total. The van der Waals surface area contributed by atoms with Crippen molar-refractivity contribution in [3.05, 3.63) is 227 Å². The molecule has 101 heavy (non-hydrogen) atoms. The fourth-order valence-corrected chi connectivity index (χ4v) is 12.5. The molecule has 0 bridgehead atoms. The molecule has 0 aromatic carbocycles. The van der Waals surface area contributed by atoms with Gasteiger partial charge >= 0.3 is 0 Å². The predicted molar refractivity (Wildman–Crippen MR) is 385 cm³/mol. The molecule has 0 spiro atoms. The van der Waals surface area contributed by atoms with E-state index in [-0.39, 0.29) is 18.3 Å². The van der Waals surface area contributed by atoms with Gasteiger partial charge in [0.05, 0.1) is 53.7 Å². The van der Waals surface area contributed by atoms with Gasteiger partial charge in [0.25, 0.3) is 0 Å². The van der Waals surface area contributed by atoms with Crippen LogP contribution in [0, 0.1) is 41.5 Å². The number of hydrogen-bond acceptors (Lipinski definition) is 22. The van der Waals surface area contributed by atoms with Gasteiger partial charge in [0.15, 0.2) is 17.5 Å². The van der Waals surface area contributed by atoms with Crippen LogP contribution in [0.25, 0.3) is 34.2 Å². The number of aromatic amines is 3. The van der Waals surface area contributed by atoms with Crippen molar-refractivity contribution in [1.29, 1.82) is 0 Å². The summed E-state index contributed by atoms with van der Waals surface area (Å²) >= 11 is 0. The van der Waals surface area contributed by atoms with E-state index >= 15 is 0 Å². The second-order valence-corrected chi connectivity index (χ2v) is 25.7. The summed E-state index contributed by atoms with van der Waals surface area (Å²) < 4.78 is 23.2. The molecule has 0 radical (unpaired) electrons. The van der Waals surface area contributed by atoms with E-state index in [2.05, 4.69) is 99.5 Å². The smallest absolute Gasteiger partial charge is 0.213 e. The first-order chi connectivity index (χ1) is 49.3. The van der Waals surface area contributed by atoms with Crippen LogP contribution in [0.5, 0.6) is 23.3 Å². The van der Waals surface area contributed by atoms with E-state index in [1.165, 1.54) is 0 Å². The van der Waals surface area contributed by atoms with Crippen LogP contribution in [0.2, 0.25) is 0 Å². The third-order valence-corrected chi connectivity index (χ3v) is 17.5. The summed E-state index contributed by atoms with van der Waals surface area (Å²) in [7, 11) is 1.60. The fraction of sp³-hybridized carbons (Fsp3) is 0.329. The number of anilines is 3. The number of aromatic nitrogens is 18. The van der Waals surface area contributed by atoms with Crippen molar-refractivity contribution in [3.63, 3.8) is 0 Å². The summed E-state index contributed by atoms with van der Waals surface area (Å²) in [5.41, 5.74) is 14.4. The first-order valence-electron chi connectivity index (χ1n) is 34.3. The minimum Gasteiger partial charge on any atom is -0.489 e. The largest absolute Gasteiger partial charge is 0.489 e. The highest BCUT2D eigenvalue weighted by Crippen LogP contribution is 2.29. The highest BCUT2D eigenvalue weighted by atomic mass is 16.5.